The lowest BCUT2D eigenvalue weighted by atomic mass is 10.1. The van der Waals surface area contributed by atoms with Gasteiger partial charge in [-0.15, -0.1) is 0 Å². The van der Waals surface area contributed by atoms with Crippen molar-refractivity contribution in [1.82, 2.24) is 5.32 Å². The van der Waals surface area contributed by atoms with E-state index in [1.54, 1.807) is 0 Å². The molecule has 1 saturated carbocycles. The van der Waals surface area contributed by atoms with E-state index >= 15 is 0 Å². The molecule has 1 aliphatic rings. The molecule has 1 aromatic rings. The second-order valence-corrected chi connectivity index (χ2v) is 4.26. The standard InChI is InChI=1S/C10H12BrN/c1-12-10(5-6-10)8-3-2-4-9(11)7-8/h2-4,7,12H,5-6H2,1H3. The molecule has 1 aliphatic carbocycles. The highest BCUT2D eigenvalue weighted by molar-refractivity contribution is 9.10. The number of halogens is 1. The Balaban J connectivity index is 2.34. The molecule has 1 nitrogen and oxygen atoms in total. The zero-order valence-corrected chi connectivity index (χ0v) is 8.69. The van der Waals surface area contributed by atoms with Crippen LogP contribution >= 0.6 is 15.9 Å². The lowest BCUT2D eigenvalue weighted by Crippen LogP contribution is -2.24. The second kappa shape index (κ2) is 2.86. The number of hydrogen-bond acceptors (Lipinski definition) is 1. The summed E-state index contributed by atoms with van der Waals surface area (Å²) in [6.45, 7) is 0. The van der Waals surface area contributed by atoms with Gasteiger partial charge in [-0.1, -0.05) is 28.1 Å². The van der Waals surface area contributed by atoms with Crippen molar-refractivity contribution >= 4 is 15.9 Å². The van der Waals surface area contributed by atoms with Gasteiger partial charge >= 0.3 is 0 Å². The zero-order valence-electron chi connectivity index (χ0n) is 7.10. The van der Waals surface area contributed by atoms with Gasteiger partial charge in [-0.3, -0.25) is 0 Å². The average Bonchev–Trinajstić information content (AvgIpc) is 2.84. The first-order chi connectivity index (χ1) is 5.77. The third-order valence-electron chi connectivity index (χ3n) is 2.61. The Morgan fingerprint density at radius 3 is 2.67 bits per heavy atom. The molecule has 0 unspecified atom stereocenters. The van der Waals surface area contributed by atoms with Gasteiger partial charge in [0.25, 0.3) is 0 Å². The van der Waals surface area contributed by atoms with Gasteiger partial charge in [0.15, 0.2) is 0 Å². The van der Waals surface area contributed by atoms with E-state index in [2.05, 4.69) is 45.5 Å². The summed E-state index contributed by atoms with van der Waals surface area (Å²) in [4.78, 5) is 0. The van der Waals surface area contributed by atoms with E-state index in [0.717, 1.165) is 0 Å². The monoisotopic (exact) mass is 225 g/mol. The minimum atomic E-state index is 0.295. The van der Waals surface area contributed by atoms with Crippen LogP contribution in [0.3, 0.4) is 0 Å². The van der Waals surface area contributed by atoms with E-state index in [9.17, 15) is 0 Å². The molecule has 2 rings (SSSR count). The van der Waals surface area contributed by atoms with Crippen molar-refractivity contribution in [2.24, 2.45) is 0 Å². The smallest absolute Gasteiger partial charge is 0.0434 e. The largest absolute Gasteiger partial charge is 0.310 e. The van der Waals surface area contributed by atoms with E-state index in [1.165, 1.54) is 22.9 Å². The Bertz CT molecular complexity index is 292. The van der Waals surface area contributed by atoms with Crippen LogP contribution in [0.2, 0.25) is 0 Å². The molecule has 0 saturated heterocycles. The van der Waals surface area contributed by atoms with Gasteiger partial charge < -0.3 is 5.32 Å². The highest BCUT2D eigenvalue weighted by Gasteiger charge is 2.42. The molecule has 0 atom stereocenters. The maximum Gasteiger partial charge on any atom is 0.0434 e. The quantitative estimate of drug-likeness (QED) is 0.817. The van der Waals surface area contributed by atoms with E-state index in [1.807, 2.05) is 7.05 Å². The first-order valence-corrected chi connectivity index (χ1v) is 5.01. The Hall–Kier alpha value is -0.340. The predicted octanol–water partition coefficient (Wildman–Crippen LogP) is 2.66. The molecule has 2 heteroatoms. The second-order valence-electron chi connectivity index (χ2n) is 3.34. The number of rotatable bonds is 2. The number of hydrogen-bond donors (Lipinski definition) is 1. The van der Waals surface area contributed by atoms with Gasteiger partial charge in [0.05, 0.1) is 0 Å². The van der Waals surface area contributed by atoms with Crippen molar-refractivity contribution in [3.05, 3.63) is 34.3 Å². The Labute approximate surface area is 81.3 Å². The third kappa shape index (κ3) is 1.29. The SMILES string of the molecule is CNC1(c2cccc(Br)c2)CC1. The van der Waals surface area contributed by atoms with E-state index in [4.69, 9.17) is 0 Å². The van der Waals surface area contributed by atoms with Gasteiger partial charge in [0.2, 0.25) is 0 Å². The lowest BCUT2D eigenvalue weighted by molar-refractivity contribution is 0.585. The van der Waals surface area contributed by atoms with E-state index in [-0.39, 0.29) is 0 Å². The molecule has 0 spiro atoms. The van der Waals surface area contributed by atoms with Crippen LogP contribution in [0.1, 0.15) is 18.4 Å². The van der Waals surface area contributed by atoms with Gasteiger partial charge in [-0.05, 0) is 37.6 Å². The predicted molar refractivity (Wildman–Crippen MR) is 54.1 cm³/mol. The molecule has 1 fully saturated rings. The zero-order chi connectivity index (χ0) is 8.60. The van der Waals surface area contributed by atoms with Gasteiger partial charge in [-0.2, -0.15) is 0 Å². The molecule has 0 aliphatic heterocycles. The fourth-order valence-corrected chi connectivity index (χ4v) is 1.99. The fourth-order valence-electron chi connectivity index (χ4n) is 1.59. The summed E-state index contributed by atoms with van der Waals surface area (Å²) in [7, 11) is 2.04. The molecule has 0 heterocycles. The van der Waals surface area contributed by atoms with Crippen molar-refractivity contribution in [1.29, 1.82) is 0 Å². The Kier molecular flexibility index (Phi) is 1.97. The van der Waals surface area contributed by atoms with Crippen LogP contribution in [-0.2, 0) is 5.54 Å². The highest BCUT2D eigenvalue weighted by atomic mass is 79.9. The molecule has 1 N–H and O–H groups in total. The minimum Gasteiger partial charge on any atom is -0.310 e. The molecule has 12 heavy (non-hydrogen) atoms. The van der Waals surface area contributed by atoms with Crippen molar-refractivity contribution in [2.75, 3.05) is 7.05 Å². The Morgan fingerprint density at radius 1 is 1.42 bits per heavy atom. The molecule has 0 bridgehead atoms. The van der Waals surface area contributed by atoms with Crippen LogP contribution < -0.4 is 5.32 Å². The van der Waals surface area contributed by atoms with E-state index in [0.29, 0.717) is 5.54 Å². The van der Waals surface area contributed by atoms with Gasteiger partial charge in [0.1, 0.15) is 0 Å². The summed E-state index contributed by atoms with van der Waals surface area (Å²) in [5, 5.41) is 3.38. The molecular formula is C10H12BrN. The average molecular weight is 226 g/mol. The highest BCUT2D eigenvalue weighted by Crippen LogP contribution is 2.45. The van der Waals surface area contributed by atoms with Crippen molar-refractivity contribution in [2.45, 2.75) is 18.4 Å². The molecule has 0 aromatic heterocycles. The third-order valence-corrected chi connectivity index (χ3v) is 3.10. The molecular weight excluding hydrogens is 214 g/mol. The summed E-state index contributed by atoms with van der Waals surface area (Å²) in [6, 6.07) is 8.55. The lowest BCUT2D eigenvalue weighted by Gasteiger charge is -2.14. The molecule has 64 valence electrons. The van der Waals surface area contributed by atoms with Crippen molar-refractivity contribution < 1.29 is 0 Å². The van der Waals surface area contributed by atoms with Crippen LogP contribution in [0.4, 0.5) is 0 Å². The minimum absolute atomic E-state index is 0.295. The summed E-state index contributed by atoms with van der Waals surface area (Å²) in [5.74, 6) is 0. The van der Waals surface area contributed by atoms with Crippen LogP contribution in [0, 0.1) is 0 Å². The van der Waals surface area contributed by atoms with Crippen LogP contribution in [-0.4, -0.2) is 7.05 Å². The van der Waals surface area contributed by atoms with E-state index < -0.39 is 0 Å². The number of nitrogens with one attached hydrogen (secondary N) is 1. The maximum atomic E-state index is 3.48. The Morgan fingerprint density at radius 2 is 2.17 bits per heavy atom. The van der Waals surface area contributed by atoms with Crippen molar-refractivity contribution in [3.8, 4) is 0 Å². The van der Waals surface area contributed by atoms with Crippen LogP contribution in [0.5, 0.6) is 0 Å². The fraction of sp³-hybridized carbons (Fsp3) is 0.400. The normalized spacial score (nSPS) is 19.2. The topological polar surface area (TPSA) is 12.0 Å². The first kappa shape index (κ1) is 8.27. The van der Waals surface area contributed by atoms with Crippen molar-refractivity contribution in [3.63, 3.8) is 0 Å². The first-order valence-electron chi connectivity index (χ1n) is 4.22. The molecule has 0 radical (unpaired) electrons. The summed E-state index contributed by atoms with van der Waals surface area (Å²) < 4.78 is 1.17. The number of benzene rings is 1. The summed E-state index contributed by atoms with van der Waals surface area (Å²) in [6.07, 6.45) is 2.53. The maximum absolute atomic E-state index is 3.48. The van der Waals surface area contributed by atoms with Crippen LogP contribution in [0.25, 0.3) is 0 Å². The van der Waals surface area contributed by atoms with Gasteiger partial charge in [-0.25, -0.2) is 0 Å². The molecule has 0 amide bonds. The molecule has 1 aromatic carbocycles. The summed E-state index contributed by atoms with van der Waals surface area (Å²) in [5.41, 5.74) is 1.70. The van der Waals surface area contributed by atoms with Crippen LogP contribution in [0.15, 0.2) is 28.7 Å². The summed E-state index contributed by atoms with van der Waals surface area (Å²) >= 11 is 3.48. The van der Waals surface area contributed by atoms with Gasteiger partial charge in [0, 0.05) is 10.0 Å².